The van der Waals surface area contributed by atoms with Crippen LogP contribution in [0.5, 0.6) is 0 Å². The lowest BCUT2D eigenvalue weighted by Gasteiger charge is -2.65. The lowest BCUT2D eigenvalue weighted by molar-refractivity contribution is -0.292. The maximum absolute atomic E-state index is 13.9. The van der Waals surface area contributed by atoms with Crippen LogP contribution in [0.4, 0.5) is 5.69 Å². The molecule has 13 nitrogen and oxygen atoms in total. The number of imide groups is 1. The van der Waals surface area contributed by atoms with E-state index in [9.17, 15) is 29.4 Å². The summed E-state index contributed by atoms with van der Waals surface area (Å²) in [6.07, 6.45) is 1.04. The second kappa shape index (κ2) is 10.9. The smallest absolute Gasteiger partial charge is 0.340 e. The van der Waals surface area contributed by atoms with Crippen LogP contribution < -0.4 is 4.90 Å². The third kappa shape index (κ3) is 3.85. The van der Waals surface area contributed by atoms with Crippen molar-refractivity contribution in [1.82, 2.24) is 0 Å². The van der Waals surface area contributed by atoms with Crippen molar-refractivity contribution < 1.29 is 53.1 Å². The summed E-state index contributed by atoms with van der Waals surface area (Å²) >= 11 is 0. The zero-order valence-electron chi connectivity index (χ0n) is 28.4. The van der Waals surface area contributed by atoms with Gasteiger partial charge in [-0.2, -0.15) is 0 Å². The molecule has 8 rings (SSSR count). The topological polar surface area (TPSA) is 170 Å². The van der Waals surface area contributed by atoms with Gasteiger partial charge in [-0.3, -0.25) is 19.4 Å². The van der Waals surface area contributed by atoms with Gasteiger partial charge in [0.15, 0.2) is 0 Å². The second-order valence-corrected chi connectivity index (χ2v) is 15.4. The summed E-state index contributed by atoms with van der Waals surface area (Å²) in [4.78, 5) is 58.2. The number of carbonyl (C=O) groups is 4. The average Bonchev–Trinajstić information content (AvgIpc) is 3.57. The van der Waals surface area contributed by atoms with Gasteiger partial charge in [0.1, 0.15) is 23.9 Å². The Hall–Kier alpha value is -3.23. The predicted octanol–water partition coefficient (Wildman–Crippen LogP) is 1.70. The van der Waals surface area contributed by atoms with Crippen LogP contribution in [0.3, 0.4) is 0 Å². The van der Waals surface area contributed by atoms with Crippen LogP contribution in [0.25, 0.3) is 0 Å². The molecule has 49 heavy (non-hydrogen) atoms. The molecule has 14 unspecified atom stereocenters. The molecule has 5 saturated carbocycles. The Bertz CT molecular complexity index is 1650. The molecule has 264 valence electrons. The summed E-state index contributed by atoms with van der Waals surface area (Å²) in [7, 11) is 4.72. The van der Waals surface area contributed by atoms with Crippen molar-refractivity contribution in [3.8, 4) is 0 Å². The lowest BCUT2D eigenvalue weighted by Crippen LogP contribution is -2.77. The number of amides is 2. The van der Waals surface area contributed by atoms with E-state index in [0.29, 0.717) is 19.3 Å². The largest absolute Gasteiger partial charge is 0.462 e. The van der Waals surface area contributed by atoms with Crippen LogP contribution >= 0.6 is 0 Å². The van der Waals surface area contributed by atoms with E-state index in [-0.39, 0.29) is 54.3 Å². The second-order valence-electron chi connectivity index (χ2n) is 15.4. The molecule has 5 aliphatic carbocycles. The van der Waals surface area contributed by atoms with E-state index in [2.05, 4.69) is 0 Å². The van der Waals surface area contributed by atoms with Crippen molar-refractivity contribution in [3.63, 3.8) is 0 Å². The van der Waals surface area contributed by atoms with Gasteiger partial charge in [0.05, 0.1) is 35.6 Å². The summed E-state index contributed by atoms with van der Waals surface area (Å²) < 4.78 is 30.5. The van der Waals surface area contributed by atoms with Gasteiger partial charge in [0.2, 0.25) is 11.8 Å². The highest BCUT2D eigenvalue weighted by molar-refractivity contribution is 6.22. The normalized spacial score (nSPS) is 47.0. The standard InChI is InChI=1S/C36H44N2O11/c1-17-12-25(40)38(30(17)41)22-9-7-6-8-19(22)31(42)48-16-33-11-10-24(46-4)35-21-13-20-23(45-3)14-34(43,26(21)27(20)49-18(2)39)36(44,32(35)37-15-33)29(47-5)28(33)35/h6-9,15,17,20-21,23-24,26-29,32,43-44H,10-14,16H2,1-5H3. The number of fused-ring (bicyclic) bond motifs is 2. The molecular weight excluding hydrogens is 636 g/mol. The maximum Gasteiger partial charge on any atom is 0.340 e. The average molecular weight is 681 g/mol. The van der Waals surface area contributed by atoms with Crippen LogP contribution in [0.1, 0.15) is 56.3 Å². The lowest BCUT2D eigenvalue weighted by atomic mass is 9.44. The van der Waals surface area contributed by atoms with Gasteiger partial charge < -0.3 is 33.9 Å². The van der Waals surface area contributed by atoms with Gasteiger partial charge in [0.25, 0.3) is 0 Å². The van der Waals surface area contributed by atoms with Gasteiger partial charge >= 0.3 is 11.9 Å². The number of aliphatic hydroxyl groups is 2. The molecular formula is C36H44N2O11. The number of para-hydroxylation sites is 1. The molecule has 1 saturated heterocycles. The number of rotatable bonds is 8. The van der Waals surface area contributed by atoms with Crippen LogP contribution in [0.2, 0.25) is 0 Å². The number of aliphatic imine (C=N–C) groups is 1. The van der Waals surface area contributed by atoms with E-state index in [0.717, 1.165) is 4.90 Å². The highest BCUT2D eigenvalue weighted by atomic mass is 16.6. The fourth-order valence-electron chi connectivity index (χ4n) is 12.2. The monoisotopic (exact) mass is 680 g/mol. The summed E-state index contributed by atoms with van der Waals surface area (Å²) in [5.74, 6) is -4.06. The molecule has 13 heteroatoms. The van der Waals surface area contributed by atoms with E-state index in [1.165, 1.54) is 20.1 Å². The van der Waals surface area contributed by atoms with E-state index in [1.54, 1.807) is 45.6 Å². The first-order chi connectivity index (χ1) is 23.3. The molecule has 2 N–H and O–H groups in total. The highest BCUT2D eigenvalue weighted by Gasteiger charge is 2.91. The molecule has 7 bridgehead atoms. The minimum atomic E-state index is -1.92. The van der Waals surface area contributed by atoms with Gasteiger partial charge in [-0.15, -0.1) is 0 Å². The van der Waals surface area contributed by atoms with Gasteiger partial charge in [-0.05, 0) is 37.3 Å². The number of ether oxygens (including phenoxy) is 5. The van der Waals surface area contributed by atoms with Gasteiger partial charge in [-0.25, -0.2) is 9.69 Å². The third-order valence-corrected chi connectivity index (χ3v) is 13.7. The molecule has 6 fully saturated rings. The van der Waals surface area contributed by atoms with Crippen molar-refractivity contribution in [3.05, 3.63) is 29.8 Å². The number of hydrogen-bond donors (Lipinski definition) is 2. The van der Waals surface area contributed by atoms with Crippen molar-refractivity contribution in [2.24, 2.45) is 45.4 Å². The zero-order valence-corrected chi connectivity index (χ0v) is 28.4. The number of benzene rings is 1. The molecule has 1 aromatic carbocycles. The Labute approximate surface area is 284 Å². The molecule has 1 spiro atoms. The van der Waals surface area contributed by atoms with Crippen molar-refractivity contribution in [2.45, 2.75) is 87.6 Å². The number of methoxy groups -OCH3 is 3. The molecule has 0 aromatic heterocycles. The molecule has 1 aromatic rings. The Morgan fingerprint density at radius 1 is 1.08 bits per heavy atom. The third-order valence-electron chi connectivity index (χ3n) is 13.7. The van der Waals surface area contributed by atoms with Crippen LogP contribution in [-0.4, -0.2) is 110 Å². The minimum absolute atomic E-state index is 0.0630. The Balaban J connectivity index is 1.21. The predicted molar refractivity (Wildman–Crippen MR) is 170 cm³/mol. The van der Waals surface area contributed by atoms with E-state index < -0.39 is 82.2 Å². The number of nitrogens with zero attached hydrogens (tertiary/aromatic N) is 2. The van der Waals surface area contributed by atoms with Crippen molar-refractivity contribution in [2.75, 3.05) is 32.8 Å². The van der Waals surface area contributed by atoms with E-state index >= 15 is 0 Å². The Morgan fingerprint density at radius 3 is 2.49 bits per heavy atom. The molecule has 2 amide bonds. The van der Waals surface area contributed by atoms with Crippen molar-refractivity contribution in [1.29, 1.82) is 0 Å². The fraction of sp³-hybridized carbons (Fsp3) is 0.694. The summed E-state index contributed by atoms with van der Waals surface area (Å²) in [6, 6.07) is 5.60. The van der Waals surface area contributed by atoms with Crippen LogP contribution in [-0.2, 0) is 38.1 Å². The maximum atomic E-state index is 13.9. The summed E-state index contributed by atoms with van der Waals surface area (Å²) in [5.41, 5.74) is -5.21. The van der Waals surface area contributed by atoms with Gasteiger partial charge in [-0.1, -0.05) is 19.1 Å². The summed E-state index contributed by atoms with van der Waals surface area (Å²) in [5, 5.41) is 26.1. The number of esters is 2. The first-order valence-corrected chi connectivity index (χ1v) is 17.2. The molecule has 2 aliphatic heterocycles. The quantitative estimate of drug-likeness (QED) is 0.303. The molecule has 2 heterocycles. The molecule has 0 radical (unpaired) electrons. The number of anilines is 1. The first-order valence-electron chi connectivity index (χ1n) is 17.2. The van der Waals surface area contributed by atoms with E-state index in [4.69, 9.17) is 28.7 Å². The Morgan fingerprint density at radius 2 is 1.84 bits per heavy atom. The Kier molecular flexibility index (Phi) is 7.32. The van der Waals surface area contributed by atoms with Gasteiger partial charge in [0, 0.05) is 81.8 Å². The minimum Gasteiger partial charge on any atom is -0.462 e. The number of carbonyl (C=O) groups excluding carboxylic acids is 4. The molecule has 7 aliphatic rings. The van der Waals surface area contributed by atoms with Crippen molar-refractivity contribution >= 4 is 35.7 Å². The number of hydrogen-bond acceptors (Lipinski definition) is 12. The fourth-order valence-corrected chi connectivity index (χ4v) is 12.2. The van der Waals surface area contributed by atoms with Crippen LogP contribution in [0.15, 0.2) is 29.3 Å². The first kappa shape index (κ1) is 32.9. The molecule has 14 atom stereocenters. The highest BCUT2D eigenvalue weighted by Crippen LogP contribution is 2.79. The zero-order chi connectivity index (χ0) is 34.8. The van der Waals surface area contributed by atoms with E-state index in [1.807, 2.05) is 0 Å². The SMILES string of the molecule is COC1CC2(O)C3C(OC(C)=O)C1CC3C13C(OC)CCC4(COC(=O)c5ccccc5N5C(=O)CC(C)C5=O)C=NC1C2(O)C(OC)C43. The van der Waals surface area contributed by atoms with Crippen LogP contribution in [0, 0.1) is 40.4 Å². The summed E-state index contributed by atoms with van der Waals surface area (Å²) in [6.45, 7) is 2.91.